The normalized spacial score (nSPS) is 10.6. The number of rotatable bonds is 2. The van der Waals surface area contributed by atoms with Crippen LogP contribution in [0.3, 0.4) is 0 Å². The van der Waals surface area contributed by atoms with E-state index in [9.17, 15) is 0 Å². The lowest BCUT2D eigenvalue weighted by atomic mass is 10.1. The Labute approximate surface area is 99.7 Å². The van der Waals surface area contributed by atoms with Crippen LogP contribution in [0, 0.1) is 6.92 Å². The minimum absolute atomic E-state index is 1.01. The van der Waals surface area contributed by atoms with Crippen LogP contribution in [0.2, 0.25) is 0 Å². The van der Waals surface area contributed by atoms with E-state index in [2.05, 4.69) is 22.5 Å². The minimum atomic E-state index is 1.01. The van der Waals surface area contributed by atoms with Gasteiger partial charge in [-0.1, -0.05) is 18.2 Å². The molecule has 3 nitrogen and oxygen atoms in total. The molecule has 1 N–H and O–H groups in total. The predicted molar refractivity (Wildman–Crippen MR) is 69.9 cm³/mol. The standard InChI is InChI=1S/C14H13N3/c1-11-10-14(16-17-8-4-5-9-17)12-6-2-3-7-13(12)15-11/h2-10H,1H3,(H,15,16). The molecule has 0 amide bonds. The summed E-state index contributed by atoms with van der Waals surface area (Å²) in [6.07, 6.45) is 3.95. The van der Waals surface area contributed by atoms with Crippen LogP contribution >= 0.6 is 0 Å². The van der Waals surface area contributed by atoms with Gasteiger partial charge in [0, 0.05) is 23.5 Å². The van der Waals surface area contributed by atoms with Gasteiger partial charge >= 0.3 is 0 Å². The molecule has 2 heterocycles. The van der Waals surface area contributed by atoms with Crippen molar-refractivity contribution >= 4 is 16.6 Å². The van der Waals surface area contributed by atoms with Crippen molar-refractivity contribution in [3.05, 3.63) is 60.6 Å². The molecule has 0 spiro atoms. The molecule has 0 saturated heterocycles. The molecule has 1 aromatic carbocycles. The highest BCUT2D eigenvalue weighted by Gasteiger charge is 2.02. The Morgan fingerprint density at radius 2 is 1.82 bits per heavy atom. The van der Waals surface area contributed by atoms with Crippen LogP contribution in [0.5, 0.6) is 0 Å². The van der Waals surface area contributed by atoms with E-state index in [1.165, 1.54) is 0 Å². The third kappa shape index (κ3) is 1.87. The lowest BCUT2D eigenvalue weighted by molar-refractivity contribution is 0.972. The van der Waals surface area contributed by atoms with Crippen LogP contribution in [0.15, 0.2) is 54.9 Å². The Kier molecular flexibility index (Phi) is 2.29. The zero-order chi connectivity index (χ0) is 11.7. The maximum Gasteiger partial charge on any atom is 0.0726 e. The van der Waals surface area contributed by atoms with Crippen molar-refractivity contribution in [2.24, 2.45) is 0 Å². The van der Waals surface area contributed by atoms with Crippen LogP contribution in [-0.4, -0.2) is 9.66 Å². The number of nitrogens with zero attached hydrogens (tertiary/aromatic N) is 2. The number of hydrogen-bond donors (Lipinski definition) is 1. The highest BCUT2D eigenvalue weighted by Crippen LogP contribution is 2.22. The summed E-state index contributed by atoms with van der Waals surface area (Å²) < 4.78 is 1.93. The number of benzene rings is 1. The van der Waals surface area contributed by atoms with Crippen LogP contribution in [-0.2, 0) is 0 Å². The minimum Gasteiger partial charge on any atom is -0.294 e. The van der Waals surface area contributed by atoms with Gasteiger partial charge in [-0.15, -0.1) is 0 Å². The molecule has 2 aromatic heterocycles. The second-order valence-corrected chi connectivity index (χ2v) is 4.03. The Bertz CT molecular complexity index is 642. The molecular weight excluding hydrogens is 210 g/mol. The molecule has 0 aliphatic carbocycles. The lowest BCUT2D eigenvalue weighted by Gasteiger charge is -2.11. The molecule has 0 fully saturated rings. The number of anilines is 1. The summed E-state index contributed by atoms with van der Waals surface area (Å²) in [6, 6.07) is 14.2. The number of pyridine rings is 1. The van der Waals surface area contributed by atoms with Crippen molar-refractivity contribution in [3.8, 4) is 0 Å². The van der Waals surface area contributed by atoms with Gasteiger partial charge in [-0.3, -0.25) is 15.1 Å². The average Bonchev–Trinajstić information content (AvgIpc) is 2.81. The molecule has 3 heteroatoms. The number of aryl methyl sites for hydroxylation is 1. The van der Waals surface area contributed by atoms with Crippen LogP contribution < -0.4 is 5.43 Å². The zero-order valence-electron chi connectivity index (χ0n) is 9.59. The highest BCUT2D eigenvalue weighted by molar-refractivity contribution is 5.91. The summed E-state index contributed by atoms with van der Waals surface area (Å²) in [6.45, 7) is 2.01. The summed E-state index contributed by atoms with van der Waals surface area (Å²) in [5.41, 5.74) is 6.45. The van der Waals surface area contributed by atoms with Crippen molar-refractivity contribution in [3.63, 3.8) is 0 Å². The summed E-state index contributed by atoms with van der Waals surface area (Å²) in [4.78, 5) is 4.52. The zero-order valence-corrected chi connectivity index (χ0v) is 9.59. The van der Waals surface area contributed by atoms with Crippen molar-refractivity contribution in [1.82, 2.24) is 9.66 Å². The summed E-state index contributed by atoms with van der Waals surface area (Å²) in [5.74, 6) is 0. The third-order valence-corrected chi connectivity index (χ3v) is 2.70. The maximum absolute atomic E-state index is 4.52. The molecule has 0 saturated carbocycles. The van der Waals surface area contributed by atoms with Gasteiger partial charge in [-0.25, -0.2) is 0 Å². The second-order valence-electron chi connectivity index (χ2n) is 4.03. The van der Waals surface area contributed by atoms with Crippen LogP contribution in [0.1, 0.15) is 5.69 Å². The molecule has 17 heavy (non-hydrogen) atoms. The molecule has 3 aromatic rings. The summed E-state index contributed by atoms with van der Waals surface area (Å²) in [5, 5.41) is 1.13. The first-order chi connectivity index (χ1) is 8.33. The van der Waals surface area contributed by atoms with Gasteiger partial charge in [-0.2, -0.15) is 0 Å². The van der Waals surface area contributed by atoms with Crippen molar-refractivity contribution < 1.29 is 0 Å². The van der Waals surface area contributed by atoms with Gasteiger partial charge in [0.2, 0.25) is 0 Å². The Morgan fingerprint density at radius 1 is 1.06 bits per heavy atom. The van der Waals surface area contributed by atoms with Crippen LogP contribution in [0.4, 0.5) is 5.69 Å². The first kappa shape index (κ1) is 9.90. The van der Waals surface area contributed by atoms with Crippen molar-refractivity contribution in [2.45, 2.75) is 6.92 Å². The largest absolute Gasteiger partial charge is 0.294 e. The van der Waals surface area contributed by atoms with Crippen molar-refractivity contribution in [1.29, 1.82) is 0 Å². The third-order valence-electron chi connectivity index (χ3n) is 2.70. The van der Waals surface area contributed by atoms with E-state index < -0.39 is 0 Å². The van der Waals surface area contributed by atoms with E-state index in [0.717, 1.165) is 22.3 Å². The van der Waals surface area contributed by atoms with E-state index in [4.69, 9.17) is 0 Å². The number of hydrogen-bond acceptors (Lipinski definition) is 2. The van der Waals surface area contributed by atoms with Crippen molar-refractivity contribution in [2.75, 3.05) is 5.43 Å². The molecule has 84 valence electrons. The lowest BCUT2D eigenvalue weighted by Crippen LogP contribution is -2.06. The molecule has 0 bridgehead atoms. The van der Waals surface area contributed by atoms with Gasteiger partial charge in [0.1, 0.15) is 0 Å². The smallest absolute Gasteiger partial charge is 0.0726 e. The predicted octanol–water partition coefficient (Wildman–Crippen LogP) is 3.22. The van der Waals surface area contributed by atoms with Gasteiger partial charge in [0.05, 0.1) is 11.2 Å². The fourth-order valence-electron chi connectivity index (χ4n) is 1.95. The van der Waals surface area contributed by atoms with E-state index in [1.54, 1.807) is 0 Å². The number of para-hydroxylation sites is 1. The average molecular weight is 223 g/mol. The second kappa shape index (κ2) is 3.94. The SMILES string of the molecule is Cc1cc(Nn2cccc2)c2ccccc2n1. The molecule has 0 aliphatic rings. The van der Waals surface area contributed by atoms with Gasteiger partial charge < -0.3 is 0 Å². The fraction of sp³-hybridized carbons (Fsp3) is 0.0714. The van der Waals surface area contributed by atoms with E-state index >= 15 is 0 Å². The quantitative estimate of drug-likeness (QED) is 0.723. The van der Waals surface area contributed by atoms with E-state index in [1.807, 2.05) is 54.3 Å². The summed E-state index contributed by atoms with van der Waals surface area (Å²) >= 11 is 0. The molecule has 0 unspecified atom stereocenters. The van der Waals surface area contributed by atoms with Gasteiger partial charge in [0.25, 0.3) is 0 Å². The number of aromatic nitrogens is 2. The van der Waals surface area contributed by atoms with Gasteiger partial charge in [-0.05, 0) is 31.2 Å². The molecule has 0 aliphatic heterocycles. The molecule has 0 atom stereocenters. The Balaban J connectivity index is 2.14. The highest BCUT2D eigenvalue weighted by atomic mass is 15.4. The Hall–Kier alpha value is -2.29. The first-order valence-electron chi connectivity index (χ1n) is 5.59. The summed E-state index contributed by atoms with van der Waals surface area (Å²) in [7, 11) is 0. The van der Waals surface area contributed by atoms with E-state index in [0.29, 0.717) is 0 Å². The first-order valence-corrected chi connectivity index (χ1v) is 5.59. The number of nitrogens with one attached hydrogen (secondary N) is 1. The molecule has 3 rings (SSSR count). The molecule has 0 radical (unpaired) electrons. The van der Waals surface area contributed by atoms with E-state index in [-0.39, 0.29) is 0 Å². The topological polar surface area (TPSA) is 29.9 Å². The Morgan fingerprint density at radius 3 is 2.65 bits per heavy atom. The monoisotopic (exact) mass is 223 g/mol. The maximum atomic E-state index is 4.52. The van der Waals surface area contributed by atoms with Gasteiger partial charge in [0.15, 0.2) is 0 Å². The van der Waals surface area contributed by atoms with Crippen LogP contribution in [0.25, 0.3) is 10.9 Å². The fourth-order valence-corrected chi connectivity index (χ4v) is 1.95. The number of fused-ring (bicyclic) bond motifs is 1. The molecular formula is C14H13N3.